The summed E-state index contributed by atoms with van der Waals surface area (Å²) in [7, 11) is 1.69. The SMILES string of the molecule is COC(C)(C)CCn1nc2n(c1=O)CCNC2. The summed E-state index contributed by atoms with van der Waals surface area (Å²) >= 11 is 0. The van der Waals surface area contributed by atoms with Gasteiger partial charge in [0.1, 0.15) is 5.82 Å². The molecule has 0 unspecified atom stereocenters. The summed E-state index contributed by atoms with van der Waals surface area (Å²) in [5, 5.41) is 7.54. The first-order valence-corrected chi connectivity index (χ1v) is 5.96. The second-order valence-corrected chi connectivity index (χ2v) is 4.96. The standard InChI is InChI=1S/C11H20N4O2/c1-11(2,17-3)4-6-15-10(16)14-7-5-12-8-9(14)13-15/h12H,4-8H2,1-3H3. The quantitative estimate of drug-likeness (QED) is 0.802. The monoisotopic (exact) mass is 240 g/mol. The van der Waals surface area contributed by atoms with Crippen molar-refractivity contribution in [3.63, 3.8) is 0 Å². The molecular weight excluding hydrogens is 220 g/mol. The highest BCUT2D eigenvalue weighted by Crippen LogP contribution is 2.13. The van der Waals surface area contributed by atoms with Crippen LogP contribution in [0.25, 0.3) is 0 Å². The third-order valence-electron chi connectivity index (χ3n) is 3.27. The first-order valence-electron chi connectivity index (χ1n) is 5.96. The number of hydrogen-bond donors (Lipinski definition) is 1. The van der Waals surface area contributed by atoms with Gasteiger partial charge >= 0.3 is 5.69 Å². The van der Waals surface area contributed by atoms with Crippen LogP contribution in [0.1, 0.15) is 26.1 Å². The molecule has 0 bridgehead atoms. The highest BCUT2D eigenvalue weighted by Gasteiger charge is 2.20. The van der Waals surface area contributed by atoms with Crippen molar-refractivity contribution in [3.8, 4) is 0 Å². The smallest absolute Gasteiger partial charge is 0.345 e. The lowest BCUT2D eigenvalue weighted by molar-refractivity contribution is 0.0110. The van der Waals surface area contributed by atoms with Crippen molar-refractivity contribution in [2.75, 3.05) is 13.7 Å². The van der Waals surface area contributed by atoms with E-state index in [4.69, 9.17) is 4.74 Å². The fourth-order valence-electron chi connectivity index (χ4n) is 1.86. The van der Waals surface area contributed by atoms with Crippen LogP contribution in [0.2, 0.25) is 0 Å². The van der Waals surface area contributed by atoms with Crippen LogP contribution in [0.5, 0.6) is 0 Å². The van der Waals surface area contributed by atoms with Gasteiger partial charge in [0.25, 0.3) is 0 Å². The summed E-state index contributed by atoms with van der Waals surface area (Å²) in [6.07, 6.45) is 0.771. The van der Waals surface area contributed by atoms with Gasteiger partial charge in [-0.2, -0.15) is 5.10 Å². The highest BCUT2D eigenvalue weighted by atomic mass is 16.5. The van der Waals surface area contributed by atoms with Crippen LogP contribution in [0.3, 0.4) is 0 Å². The molecule has 0 radical (unpaired) electrons. The number of methoxy groups -OCH3 is 1. The summed E-state index contributed by atoms with van der Waals surface area (Å²) < 4.78 is 8.63. The average molecular weight is 240 g/mol. The molecule has 0 saturated heterocycles. The molecule has 0 aliphatic carbocycles. The molecule has 1 aromatic heterocycles. The maximum absolute atomic E-state index is 12.0. The van der Waals surface area contributed by atoms with Gasteiger partial charge in [0.15, 0.2) is 0 Å². The van der Waals surface area contributed by atoms with E-state index in [0.29, 0.717) is 19.6 Å². The summed E-state index contributed by atoms with van der Waals surface area (Å²) in [6.45, 7) is 6.84. The zero-order valence-corrected chi connectivity index (χ0v) is 10.7. The molecule has 1 N–H and O–H groups in total. The zero-order valence-electron chi connectivity index (χ0n) is 10.7. The van der Waals surface area contributed by atoms with Gasteiger partial charge in [0.05, 0.1) is 12.1 Å². The Bertz CT molecular complexity index is 447. The van der Waals surface area contributed by atoms with Crippen LogP contribution < -0.4 is 11.0 Å². The molecule has 17 heavy (non-hydrogen) atoms. The Morgan fingerprint density at radius 2 is 2.29 bits per heavy atom. The molecule has 96 valence electrons. The summed E-state index contributed by atoms with van der Waals surface area (Å²) in [6, 6.07) is 0. The molecule has 6 heteroatoms. The number of fused-ring (bicyclic) bond motifs is 1. The van der Waals surface area contributed by atoms with Gasteiger partial charge in [0.2, 0.25) is 0 Å². The molecule has 2 heterocycles. The lowest BCUT2D eigenvalue weighted by Gasteiger charge is -2.22. The van der Waals surface area contributed by atoms with Crippen LogP contribution in [-0.4, -0.2) is 33.6 Å². The highest BCUT2D eigenvalue weighted by molar-refractivity contribution is 4.91. The van der Waals surface area contributed by atoms with Crippen molar-refractivity contribution in [2.45, 2.75) is 45.5 Å². The predicted molar refractivity (Wildman–Crippen MR) is 63.9 cm³/mol. The molecule has 1 aromatic rings. The molecule has 0 spiro atoms. The van der Waals surface area contributed by atoms with E-state index in [0.717, 1.165) is 18.8 Å². The zero-order chi connectivity index (χ0) is 12.5. The molecule has 0 amide bonds. The van der Waals surface area contributed by atoms with E-state index in [9.17, 15) is 4.79 Å². The van der Waals surface area contributed by atoms with E-state index in [1.54, 1.807) is 16.4 Å². The van der Waals surface area contributed by atoms with Gasteiger partial charge in [0, 0.05) is 26.7 Å². The lowest BCUT2D eigenvalue weighted by atomic mass is 10.1. The normalized spacial score (nSPS) is 15.9. The number of hydrogen-bond acceptors (Lipinski definition) is 4. The third kappa shape index (κ3) is 2.58. The maximum atomic E-state index is 12.0. The van der Waals surface area contributed by atoms with Gasteiger partial charge in [-0.3, -0.25) is 4.57 Å². The van der Waals surface area contributed by atoms with Crippen molar-refractivity contribution in [1.82, 2.24) is 19.7 Å². The minimum Gasteiger partial charge on any atom is -0.379 e. The maximum Gasteiger partial charge on any atom is 0.345 e. The Labute approximate surface area is 101 Å². The van der Waals surface area contributed by atoms with Crippen molar-refractivity contribution in [3.05, 3.63) is 16.3 Å². The molecule has 2 rings (SSSR count). The fourth-order valence-corrected chi connectivity index (χ4v) is 1.86. The molecule has 6 nitrogen and oxygen atoms in total. The number of rotatable bonds is 4. The largest absolute Gasteiger partial charge is 0.379 e. The molecular formula is C11H20N4O2. The van der Waals surface area contributed by atoms with Crippen LogP contribution >= 0.6 is 0 Å². The van der Waals surface area contributed by atoms with Gasteiger partial charge in [-0.15, -0.1) is 0 Å². The molecule has 1 aliphatic rings. The van der Waals surface area contributed by atoms with Crippen molar-refractivity contribution < 1.29 is 4.74 Å². The van der Waals surface area contributed by atoms with Crippen molar-refractivity contribution >= 4 is 0 Å². The van der Waals surface area contributed by atoms with Gasteiger partial charge in [-0.25, -0.2) is 9.48 Å². The summed E-state index contributed by atoms with van der Waals surface area (Å²) in [4.78, 5) is 12.0. The Morgan fingerprint density at radius 1 is 1.53 bits per heavy atom. The van der Waals surface area contributed by atoms with Crippen LogP contribution in [0.15, 0.2) is 4.79 Å². The molecule has 0 fully saturated rings. The Balaban J connectivity index is 2.12. The fraction of sp³-hybridized carbons (Fsp3) is 0.818. The lowest BCUT2D eigenvalue weighted by Crippen LogP contribution is -2.35. The first-order chi connectivity index (χ1) is 8.03. The number of nitrogens with one attached hydrogen (secondary N) is 1. The predicted octanol–water partition coefficient (Wildman–Crippen LogP) is -0.0369. The first kappa shape index (κ1) is 12.3. The molecule has 0 atom stereocenters. The van der Waals surface area contributed by atoms with E-state index >= 15 is 0 Å². The van der Waals surface area contributed by atoms with E-state index in [2.05, 4.69) is 10.4 Å². The number of aryl methyl sites for hydroxylation is 1. The van der Waals surface area contributed by atoms with Crippen LogP contribution in [0.4, 0.5) is 0 Å². The summed E-state index contributed by atoms with van der Waals surface area (Å²) in [5.41, 5.74) is -0.227. The molecule has 0 saturated carbocycles. The number of ether oxygens (including phenoxy) is 1. The van der Waals surface area contributed by atoms with E-state index in [-0.39, 0.29) is 11.3 Å². The topological polar surface area (TPSA) is 61.1 Å². The van der Waals surface area contributed by atoms with Gasteiger partial charge < -0.3 is 10.1 Å². The van der Waals surface area contributed by atoms with Gasteiger partial charge in [-0.1, -0.05) is 0 Å². The molecule has 0 aromatic carbocycles. The van der Waals surface area contributed by atoms with Crippen molar-refractivity contribution in [2.24, 2.45) is 0 Å². The van der Waals surface area contributed by atoms with Crippen LogP contribution in [0, 0.1) is 0 Å². The Hall–Kier alpha value is -1.14. The third-order valence-corrected chi connectivity index (χ3v) is 3.27. The van der Waals surface area contributed by atoms with E-state index in [1.165, 1.54) is 0 Å². The van der Waals surface area contributed by atoms with Crippen molar-refractivity contribution in [1.29, 1.82) is 0 Å². The van der Waals surface area contributed by atoms with E-state index in [1.807, 2.05) is 13.8 Å². The summed E-state index contributed by atoms with van der Waals surface area (Å²) in [5.74, 6) is 0.830. The number of aromatic nitrogens is 3. The Morgan fingerprint density at radius 3 is 2.94 bits per heavy atom. The average Bonchev–Trinajstić information content (AvgIpc) is 2.65. The van der Waals surface area contributed by atoms with Gasteiger partial charge in [-0.05, 0) is 20.3 Å². The minimum absolute atomic E-state index is 0.00611. The second kappa shape index (κ2) is 4.62. The van der Waals surface area contributed by atoms with Crippen LogP contribution in [-0.2, 0) is 24.4 Å². The second-order valence-electron chi connectivity index (χ2n) is 4.96. The minimum atomic E-state index is -0.220. The Kier molecular flexibility index (Phi) is 3.35. The number of nitrogens with zero attached hydrogens (tertiary/aromatic N) is 3. The van der Waals surface area contributed by atoms with E-state index < -0.39 is 0 Å². The molecule has 1 aliphatic heterocycles.